The van der Waals surface area contributed by atoms with E-state index >= 15 is 0 Å². The molecule has 0 saturated heterocycles. The van der Waals surface area contributed by atoms with Gasteiger partial charge in [-0.25, -0.2) is 17.7 Å². The number of guanidine groups is 1. The third kappa shape index (κ3) is 7.52. The van der Waals surface area contributed by atoms with Gasteiger partial charge in [0.1, 0.15) is 4.21 Å². The highest BCUT2D eigenvalue weighted by molar-refractivity contribution is 14.0. The van der Waals surface area contributed by atoms with E-state index in [-0.39, 0.29) is 36.5 Å². The third-order valence-corrected chi connectivity index (χ3v) is 7.47. The van der Waals surface area contributed by atoms with E-state index in [0.717, 1.165) is 10.4 Å². The zero-order valence-electron chi connectivity index (χ0n) is 16.8. The summed E-state index contributed by atoms with van der Waals surface area (Å²) in [4.78, 5) is 5.40. The number of hydrogen-bond acceptors (Lipinski definition) is 5. The number of aliphatic hydroxyl groups is 1. The maximum Gasteiger partial charge on any atom is 0.252 e. The molecule has 1 aromatic heterocycles. The van der Waals surface area contributed by atoms with Crippen LogP contribution in [0.3, 0.4) is 0 Å². The van der Waals surface area contributed by atoms with Crippen LogP contribution in [-0.4, -0.2) is 57.6 Å². The van der Waals surface area contributed by atoms with Crippen LogP contribution in [0.5, 0.6) is 0 Å². The van der Waals surface area contributed by atoms with Crippen LogP contribution in [0, 0.1) is 0 Å². The first kappa shape index (κ1) is 25.8. The van der Waals surface area contributed by atoms with Crippen molar-refractivity contribution in [3.8, 4) is 0 Å². The molecule has 0 fully saturated rings. The minimum Gasteiger partial charge on any atom is -0.396 e. The van der Waals surface area contributed by atoms with Gasteiger partial charge < -0.3 is 15.7 Å². The van der Waals surface area contributed by atoms with Crippen molar-refractivity contribution < 1.29 is 13.5 Å². The summed E-state index contributed by atoms with van der Waals surface area (Å²) in [5.74, 6) is 0.589. The van der Waals surface area contributed by atoms with E-state index in [1.165, 1.54) is 29.7 Å². The summed E-state index contributed by atoms with van der Waals surface area (Å²) in [6.07, 6.45) is 0. The first-order chi connectivity index (χ1) is 13.4. The number of aliphatic hydroxyl groups excluding tert-OH is 1. The second kappa shape index (κ2) is 12.5. The molecule has 162 valence electrons. The first-order valence-electron chi connectivity index (χ1n) is 9.07. The number of sulfonamides is 1. The first-order valence-corrected chi connectivity index (χ1v) is 11.3. The van der Waals surface area contributed by atoms with E-state index in [1.54, 1.807) is 12.1 Å². The van der Waals surface area contributed by atoms with Crippen LogP contribution in [0.2, 0.25) is 0 Å². The van der Waals surface area contributed by atoms with Gasteiger partial charge in [-0.15, -0.1) is 35.3 Å². The van der Waals surface area contributed by atoms with Gasteiger partial charge in [0.05, 0.1) is 13.2 Å². The van der Waals surface area contributed by atoms with E-state index < -0.39 is 10.0 Å². The molecule has 1 unspecified atom stereocenters. The van der Waals surface area contributed by atoms with E-state index in [2.05, 4.69) is 15.6 Å². The molecule has 0 bridgehead atoms. The molecule has 1 heterocycles. The van der Waals surface area contributed by atoms with Crippen LogP contribution < -0.4 is 10.6 Å². The molecule has 0 aliphatic rings. The Hall–Kier alpha value is -1.21. The Balaban J connectivity index is 0.00000420. The quantitative estimate of drug-likeness (QED) is 0.253. The number of rotatable bonds is 9. The number of halogens is 1. The summed E-state index contributed by atoms with van der Waals surface area (Å²) in [7, 11) is -0.380. The maximum atomic E-state index is 12.2. The van der Waals surface area contributed by atoms with Gasteiger partial charge in [-0.2, -0.15) is 0 Å². The molecule has 0 spiro atoms. The van der Waals surface area contributed by atoms with Gasteiger partial charge in [-0.3, -0.25) is 0 Å². The zero-order valence-corrected chi connectivity index (χ0v) is 20.8. The van der Waals surface area contributed by atoms with Gasteiger partial charge in [0.25, 0.3) is 10.0 Å². The van der Waals surface area contributed by atoms with Crippen molar-refractivity contribution in [1.82, 2.24) is 14.9 Å². The number of hydrogen-bond donors (Lipinski definition) is 3. The van der Waals surface area contributed by atoms with Crippen molar-refractivity contribution in [1.29, 1.82) is 0 Å². The van der Waals surface area contributed by atoms with E-state index in [9.17, 15) is 13.5 Å². The fourth-order valence-corrected chi connectivity index (χ4v) is 4.94. The van der Waals surface area contributed by atoms with Gasteiger partial charge in [0.15, 0.2) is 5.96 Å². The predicted octanol–water partition coefficient (Wildman–Crippen LogP) is 2.45. The van der Waals surface area contributed by atoms with Crippen LogP contribution in [-0.2, 0) is 16.6 Å². The fraction of sp³-hybridized carbons (Fsp3) is 0.421. The van der Waals surface area contributed by atoms with Crippen LogP contribution >= 0.6 is 35.3 Å². The normalized spacial score (nSPS) is 13.1. The molecular formula is C19H29IN4O3S2. The number of nitrogens with one attached hydrogen (secondary N) is 2. The molecule has 0 radical (unpaired) electrons. The van der Waals surface area contributed by atoms with Crippen molar-refractivity contribution in [2.75, 3.05) is 33.8 Å². The second-order valence-corrected chi connectivity index (χ2v) is 9.92. The van der Waals surface area contributed by atoms with Crippen molar-refractivity contribution in [2.24, 2.45) is 4.99 Å². The molecule has 0 amide bonds. The number of aliphatic imine (C=N–C) groups is 1. The van der Waals surface area contributed by atoms with Gasteiger partial charge in [0, 0.05) is 38.0 Å². The lowest BCUT2D eigenvalue weighted by molar-refractivity contribution is 0.265. The molecule has 7 nitrogen and oxygen atoms in total. The minimum absolute atomic E-state index is 0. The summed E-state index contributed by atoms with van der Waals surface area (Å²) in [5, 5.41) is 16.1. The van der Waals surface area contributed by atoms with Gasteiger partial charge in [-0.05, 0) is 24.6 Å². The van der Waals surface area contributed by atoms with E-state index in [1.807, 2.05) is 37.3 Å². The monoisotopic (exact) mass is 552 g/mol. The summed E-state index contributed by atoms with van der Waals surface area (Å²) in [6, 6.07) is 13.2. The second-order valence-electron chi connectivity index (χ2n) is 6.37. The molecule has 0 aliphatic carbocycles. The summed E-state index contributed by atoms with van der Waals surface area (Å²) < 4.78 is 25.9. The zero-order chi connectivity index (χ0) is 20.6. The molecule has 3 N–H and O–H groups in total. The molecule has 29 heavy (non-hydrogen) atoms. The van der Waals surface area contributed by atoms with Crippen LogP contribution in [0.25, 0.3) is 0 Å². The highest BCUT2D eigenvalue weighted by Gasteiger charge is 2.19. The lowest BCUT2D eigenvalue weighted by atomic mass is 10.0. The van der Waals surface area contributed by atoms with Crippen LogP contribution in [0.15, 0.2) is 51.7 Å². The molecule has 0 saturated carbocycles. The lowest BCUT2D eigenvalue weighted by Gasteiger charge is -2.18. The number of thiophene rings is 1. The minimum atomic E-state index is -3.42. The maximum absolute atomic E-state index is 12.2. The SMILES string of the molecule is CCNC(=NCc1ccc(S(=O)(=O)N(C)C)s1)NCC(CO)c1ccccc1.I. The Morgan fingerprint density at radius 3 is 2.45 bits per heavy atom. The largest absolute Gasteiger partial charge is 0.396 e. The Kier molecular flexibility index (Phi) is 11.1. The highest BCUT2D eigenvalue weighted by atomic mass is 127. The van der Waals surface area contributed by atoms with Gasteiger partial charge >= 0.3 is 0 Å². The lowest BCUT2D eigenvalue weighted by Crippen LogP contribution is -2.39. The smallest absolute Gasteiger partial charge is 0.252 e. The van der Waals surface area contributed by atoms with Crippen molar-refractivity contribution in [2.45, 2.75) is 23.6 Å². The number of benzene rings is 1. The van der Waals surface area contributed by atoms with Gasteiger partial charge in [-0.1, -0.05) is 30.3 Å². The molecule has 1 aromatic carbocycles. The molecule has 2 rings (SSSR count). The summed E-state index contributed by atoms with van der Waals surface area (Å²) in [6.45, 7) is 3.62. The van der Waals surface area contributed by atoms with Crippen molar-refractivity contribution >= 4 is 51.3 Å². The molecule has 2 aromatic rings. The van der Waals surface area contributed by atoms with Crippen molar-refractivity contribution in [3.05, 3.63) is 52.9 Å². The Bertz CT molecular complexity index is 871. The summed E-state index contributed by atoms with van der Waals surface area (Å²) in [5.41, 5.74) is 1.06. The van der Waals surface area contributed by atoms with Crippen molar-refractivity contribution in [3.63, 3.8) is 0 Å². The van der Waals surface area contributed by atoms with E-state index in [0.29, 0.717) is 29.8 Å². The van der Waals surface area contributed by atoms with Gasteiger partial charge in [0.2, 0.25) is 0 Å². The molecule has 1 atom stereocenters. The molecule has 0 aliphatic heterocycles. The Morgan fingerprint density at radius 1 is 1.17 bits per heavy atom. The van der Waals surface area contributed by atoms with Crippen LogP contribution in [0.1, 0.15) is 23.3 Å². The average molecular weight is 553 g/mol. The molecule has 10 heteroatoms. The third-order valence-electron chi connectivity index (χ3n) is 4.12. The Labute approximate surface area is 194 Å². The predicted molar refractivity (Wildman–Crippen MR) is 130 cm³/mol. The number of nitrogens with zero attached hydrogens (tertiary/aromatic N) is 2. The Morgan fingerprint density at radius 2 is 1.86 bits per heavy atom. The average Bonchev–Trinajstić information content (AvgIpc) is 3.17. The fourth-order valence-electron chi connectivity index (χ4n) is 2.49. The van der Waals surface area contributed by atoms with E-state index in [4.69, 9.17) is 0 Å². The van der Waals surface area contributed by atoms with Crippen LogP contribution in [0.4, 0.5) is 0 Å². The highest BCUT2D eigenvalue weighted by Crippen LogP contribution is 2.24. The summed E-state index contributed by atoms with van der Waals surface area (Å²) >= 11 is 1.22. The standard InChI is InChI=1S/C19H28N4O3S2.HI/c1-4-20-19(21-12-16(14-24)15-8-6-5-7-9-15)22-13-17-10-11-18(27-17)28(25,26)23(2)3;/h5-11,16,24H,4,12-14H2,1-3H3,(H2,20,21,22);1H. The molecular weight excluding hydrogens is 523 g/mol. The topological polar surface area (TPSA) is 94.0 Å².